The lowest BCUT2D eigenvalue weighted by molar-refractivity contribution is 0.211. The Kier molecular flexibility index (Phi) is 4.63. The van der Waals surface area contributed by atoms with Crippen molar-refractivity contribution in [1.29, 1.82) is 0 Å². The molecule has 1 aromatic heterocycles. The predicted molar refractivity (Wildman–Crippen MR) is 75.4 cm³/mol. The summed E-state index contributed by atoms with van der Waals surface area (Å²) in [6.45, 7) is 0.737. The standard InChI is InChI=1S/C13H13N3O2S/c14-12(19)11-13(16-7-6-15-11)18-9-8-17-10-4-2-1-3-5-10/h1-7H,8-9H2,(H2,14,19). The zero-order valence-electron chi connectivity index (χ0n) is 10.2. The van der Waals surface area contributed by atoms with E-state index in [1.807, 2.05) is 30.3 Å². The Labute approximate surface area is 116 Å². The molecule has 0 fully saturated rings. The minimum Gasteiger partial charge on any atom is -0.490 e. The van der Waals surface area contributed by atoms with E-state index in [0.29, 0.717) is 24.8 Å². The Hall–Kier alpha value is -2.21. The van der Waals surface area contributed by atoms with Crippen LogP contribution in [0.4, 0.5) is 0 Å². The fourth-order valence-corrected chi connectivity index (χ4v) is 1.55. The van der Waals surface area contributed by atoms with Crippen LogP contribution in [0.2, 0.25) is 0 Å². The highest BCUT2D eigenvalue weighted by molar-refractivity contribution is 7.80. The molecule has 0 bridgehead atoms. The number of benzene rings is 1. The molecular weight excluding hydrogens is 262 g/mol. The van der Waals surface area contributed by atoms with E-state index in [4.69, 9.17) is 27.4 Å². The van der Waals surface area contributed by atoms with Crippen molar-refractivity contribution in [1.82, 2.24) is 9.97 Å². The number of hydrogen-bond donors (Lipinski definition) is 1. The van der Waals surface area contributed by atoms with E-state index in [2.05, 4.69) is 9.97 Å². The molecule has 2 rings (SSSR count). The highest BCUT2D eigenvalue weighted by Crippen LogP contribution is 2.11. The van der Waals surface area contributed by atoms with Gasteiger partial charge >= 0.3 is 0 Å². The summed E-state index contributed by atoms with van der Waals surface area (Å²) in [7, 11) is 0. The van der Waals surface area contributed by atoms with Crippen molar-refractivity contribution in [3.63, 3.8) is 0 Å². The number of nitrogens with zero attached hydrogens (tertiary/aromatic N) is 2. The van der Waals surface area contributed by atoms with Gasteiger partial charge in [0.05, 0.1) is 0 Å². The van der Waals surface area contributed by atoms with Gasteiger partial charge in [0.2, 0.25) is 5.88 Å². The Morgan fingerprint density at radius 1 is 1.05 bits per heavy atom. The lowest BCUT2D eigenvalue weighted by Crippen LogP contribution is -2.17. The number of nitrogens with two attached hydrogens (primary N) is 1. The minimum absolute atomic E-state index is 0.159. The summed E-state index contributed by atoms with van der Waals surface area (Å²) >= 11 is 4.87. The van der Waals surface area contributed by atoms with E-state index in [1.165, 1.54) is 12.4 Å². The maximum Gasteiger partial charge on any atom is 0.243 e. The van der Waals surface area contributed by atoms with Gasteiger partial charge in [0.25, 0.3) is 0 Å². The molecule has 0 unspecified atom stereocenters. The molecule has 0 aliphatic heterocycles. The number of rotatable bonds is 6. The third-order valence-electron chi connectivity index (χ3n) is 2.23. The first-order chi connectivity index (χ1) is 9.27. The molecule has 1 heterocycles. The number of hydrogen-bond acceptors (Lipinski definition) is 5. The van der Waals surface area contributed by atoms with Crippen LogP contribution in [0.1, 0.15) is 5.69 Å². The molecule has 98 valence electrons. The van der Waals surface area contributed by atoms with Gasteiger partial charge in [-0.1, -0.05) is 30.4 Å². The molecule has 2 aromatic rings. The second-order valence-corrected chi connectivity index (χ2v) is 4.02. The van der Waals surface area contributed by atoms with Gasteiger partial charge in [0, 0.05) is 12.4 Å². The van der Waals surface area contributed by atoms with Crippen LogP contribution >= 0.6 is 12.2 Å². The number of ether oxygens (including phenoxy) is 2. The van der Waals surface area contributed by atoms with E-state index >= 15 is 0 Å². The van der Waals surface area contributed by atoms with Crippen LogP contribution < -0.4 is 15.2 Å². The second-order valence-electron chi connectivity index (χ2n) is 3.58. The molecule has 0 aliphatic carbocycles. The van der Waals surface area contributed by atoms with Gasteiger partial charge in [-0.05, 0) is 12.1 Å². The normalized spacial score (nSPS) is 9.89. The van der Waals surface area contributed by atoms with Crippen molar-refractivity contribution < 1.29 is 9.47 Å². The Morgan fingerprint density at radius 3 is 2.47 bits per heavy atom. The number of aromatic nitrogens is 2. The average Bonchev–Trinajstić information content (AvgIpc) is 2.45. The molecule has 0 radical (unpaired) electrons. The van der Waals surface area contributed by atoms with Crippen LogP contribution in [0.5, 0.6) is 11.6 Å². The second kappa shape index (κ2) is 6.65. The van der Waals surface area contributed by atoms with Crippen LogP contribution in [0, 0.1) is 0 Å². The molecule has 0 saturated carbocycles. The summed E-state index contributed by atoms with van der Waals surface area (Å²) < 4.78 is 10.9. The first-order valence-electron chi connectivity index (χ1n) is 5.69. The lowest BCUT2D eigenvalue weighted by atomic mass is 10.3. The van der Waals surface area contributed by atoms with Gasteiger partial charge in [-0.2, -0.15) is 0 Å². The maximum atomic E-state index is 5.53. The molecule has 0 amide bonds. The molecular formula is C13H13N3O2S. The van der Waals surface area contributed by atoms with Crippen molar-refractivity contribution in [2.75, 3.05) is 13.2 Å². The van der Waals surface area contributed by atoms with Gasteiger partial charge < -0.3 is 15.2 Å². The third kappa shape index (κ3) is 3.89. The predicted octanol–water partition coefficient (Wildman–Crippen LogP) is 1.57. The monoisotopic (exact) mass is 275 g/mol. The lowest BCUT2D eigenvalue weighted by Gasteiger charge is -2.09. The largest absolute Gasteiger partial charge is 0.490 e. The molecule has 6 heteroatoms. The maximum absolute atomic E-state index is 5.53. The zero-order chi connectivity index (χ0) is 13.5. The van der Waals surface area contributed by atoms with E-state index in [0.717, 1.165) is 5.75 Å². The van der Waals surface area contributed by atoms with Crippen molar-refractivity contribution in [3.05, 3.63) is 48.4 Å². The average molecular weight is 275 g/mol. The van der Waals surface area contributed by atoms with E-state index in [1.54, 1.807) is 0 Å². The zero-order valence-corrected chi connectivity index (χ0v) is 11.0. The highest BCUT2D eigenvalue weighted by atomic mass is 32.1. The first kappa shape index (κ1) is 13.2. The van der Waals surface area contributed by atoms with Gasteiger partial charge in [-0.25, -0.2) is 9.97 Å². The van der Waals surface area contributed by atoms with Gasteiger partial charge in [-0.3, -0.25) is 0 Å². The van der Waals surface area contributed by atoms with Crippen LogP contribution in [0.3, 0.4) is 0 Å². The molecule has 0 saturated heterocycles. The summed E-state index contributed by atoms with van der Waals surface area (Å²) in [5, 5.41) is 0. The van der Waals surface area contributed by atoms with Crippen molar-refractivity contribution >= 4 is 17.2 Å². The Balaban J connectivity index is 1.85. The molecule has 0 spiro atoms. The Morgan fingerprint density at radius 2 is 1.74 bits per heavy atom. The number of para-hydroxylation sites is 1. The third-order valence-corrected chi connectivity index (χ3v) is 2.43. The summed E-state index contributed by atoms with van der Waals surface area (Å²) in [6.07, 6.45) is 3.04. The number of thiocarbonyl (C=S) groups is 1. The molecule has 19 heavy (non-hydrogen) atoms. The summed E-state index contributed by atoms with van der Waals surface area (Å²) in [6, 6.07) is 9.50. The SMILES string of the molecule is NC(=S)c1nccnc1OCCOc1ccccc1. The van der Waals surface area contributed by atoms with Crippen molar-refractivity contribution in [3.8, 4) is 11.6 Å². The topological polar surface area (TPSA) is 70.3 Å². The summed E-state index contributed by atoms with van der Waals surface area (Å²) in [4.78, 5) is 8.22. The van der Waals surface area contributed by atoms with Gasteiger partial charge in [0.15, 0.2) is 5.69 Å². The molecule has 1 aromatic carbocycles. The highest BCUT2D eigenvalue weighted by Gasteiger charge is 2.08. The van der Waals surface area contributed by atoms with E-state index in [9.17, 15) is 0 Å². The molecule has 2 N–H and O–H groups in total. The molecule has 0 aliphatic rings. The fraction of sp³-hybridized carbons (Fsp3) is 0.154. The molecule has 5 nitrogen and oxygen atoms in total. The van der Waals surface area contributed by atoms with Gasteiger partial charge in [-0.15, -0.1) is 0 Å². The minimum atomic E-state index is 0.159. The smallest absolute Gasteiger partial charge is 0.243 e. The fourth-order valence-electron chi connectivity index (χ4n) is 1.41. The first-order valence-corrected chi connectivity index (χ1v) is 6.09. The summed E-state index contributed by atoms with van der Waals surface area (Å²) in [5.74, 6) is 1.12. The van der Waals surface area contributed by atoms with Crippen LogP contribution in [-0.4, -0.2) is 28.2 Å². The van der Waals surface area contributed by atoms with E-state index < -0.39 is 0 Å². The van der Waals surface area contributed by atoms with Crippen molar-refractivity contribution in [2.24, 2.45) is 5.73 Å². The van der Waals surface area contributed by atoms with Crippen molar-refractivity contribution in [2.45, 2.75) is 0 Å². The summed E-state index contributed by atoms with van der Waals surface area (Å²) in [5.41, 5.74) is 5.91. The molecule has 0 atom stereocenters. The quantitative estimate of drug-likeness (QED) is 0.637. The van der Waals surface area contributed by atoms with Crippen LogP contribution in [0.25, 0.3) is 0 Å². The van der Waals surface area contributed by atoms with Crippen LogP contribution in [-0.2, 0) is 0 Å². The Bertz CT molecular complexity index is 549. The van der Waals surface area contributed by atoms with Crippen LogP contribution in [0.15, 0.2) is 42.7 Å². The van der Waals surface area contributed by atoms with Gasteiger partial charge in [0.1, 0.15) is 24.0 Å². The van der Waals surface area contributed by atoms with E-state index in [-0.39, 0.29) is 4.99 Å².